The third-order valence-electron chi connectivity index (χ3n) is 7.91. The van der Waals surface area contributed by atoms with Crippen molar-refractivity contribution >= 4 is 27.8 Å². The molecule has 7 rings (SSSR count). The smallest absolute Gasteiger partial charge is 0.137 e. The molecule has 4 aromatic carbocycles. The Morgan fingerprint density at radius 1 is 0.757 bits per heavy atom. The van der Waals surface area contributed by atoms with Crippen LogP contribution in [0.4, 0.5) is 0 Å². The van der Waals surface area contributed by atoms with E-state index in [0.717, 1.165) is 12.2 Å². The van der Waals surface area contributed by atoms with Crippen LogP contribution in [0.3, 0.4) is 0 Å². The molecular weight excluding hydrogens is 448 g/mol. The van der Waals surface area contributed by atoms with Gasteiger partial charge in [0.25, 0.3) is 0 Å². The molecular formula is C35H28N2. The van der Waals surface area contributed by atoms with Crippen LogP contribution >= 0.6 is 0 Å². The van der Waals surface area contributed by atoms with E-state index in [1.807, 2.05) is 12.3 Å². The second-order valence-electron chi connectivity index (χ2n) is 10.1. The molecule has 0 saturated carbocycles. The fourth-order valence-corrected chi connectivity index (χ4v) is 6.03. The lowest BCUT2D eigenvalue weighted by molar-refractivity contribution is 0.823. The van der Waals surface area contributed by atoms with Gasteiger partial charge in [-0.15, -0.1) is 0 Å². The highest BCUT2D eigenvalue weighted by molar-refractivity contribution is 6.10. The van der Waals surface area contributed by atoms with Crippen LogP contribution in [0, 0.1) is 13.8 Å². The van der Waals surface area contributed by atoms with Crippen molar-refractivity contribution in [3.05, 3.63) is 137 Å². The van der Waals surface area contributed by atoms with Crippen LogP contribution in [-0.2, 0) is 6.42 Å². The van der Waals surface area contributed by atoms with Gasteiger partial charge in [-0.2, -0.15) is 0 Å². The molecule has 0 aliphatic heterocycles. The quantitative estimate of drug-likeness (QED) is 0.249. The summed E-state index contributed by atoms with van der Waals surface area (Å²) in [5.41, 5.74) is 10.5. The number of allylic oxidation sites excluding steroid dienone is 1. The zero-order valence-electron chi connectivity index (χ0n) is 21.1. The highest BCUT2D eigenvalue weighted by atomic mass is 15.1. The summed E-state index contributed by atoms with van der Waals surface area (Å²) < 4.78 is 2.33. The highest BCUT2D eigenvalue weighted by Gasteiger charge is 2.25. The van der Waals surface area contributed by atoms with Crippen LogP contribution in [0.1, 0.15) is 33.9 Å². The molecule has 2 heteroatoms. The molecule has 1 aliphatic carbocycles. The Labute approximate surface area is 217 Å². The maximum absolute atomic E-state index is 4.73. The largest absolute Gasteiger partial charge is 0.294 e. The Bertz CT molecular complexity index is 1820. The second-order valence-corrected chi connectivity index (χ2v) is 10.1. The van der Waals surface area contributed by atoms with E-state index < -0.39 is 0 Å². The van der Waals surface area contributed by atoms with Gasteiger partial charge < -0.3 is 0 Å². The Morgan fingerprint density at radius 3 is 2.43 bits per heavy atom. The average molecular weight is 477 g/mol. The summed E-state index contributed by atoms with van der Waals surface area (Å²) >= 11 is 0. The van der Waals surface area contributed by atoms with Gasteiger partial charge in [0.15, 0.2) is 0 Å². The van der Waals surface area contributed by atoms with E-state index in [9.17, 15) is 0 Å². The van der Waals surface area contributed by atoms with E-state index in [-0.39, 0.29) is 0 Å². The molecule has 0 fully saturated rings. The van der Waals surface area contributed by atoms with Gasteiger partial charge in [0.05, 0.1) is 11.2 Å². The second kappa shape index (κ2) is 8.60. The number of benzene rings is 4. The van der Waals surface area contributed by atoms with E-state index in [1.54, 1.807) is 0 Å². The normalized spacial score (nSPS) is 14.8. The summed E-state index contributed by atoms with van der Waals surface area (Å²) in [6.45, 7) is 4.42. The van der Waals surface area contributed by atoms with E-state index in [2.05, 4.69) is 122 Å². The molecule has 0 spiro atoms. The van der Waals surface area contributed by atoms with Crippen LogP contribution in [0.5, 0.6) is 0 Å². The lowest BCUT2D eigenvalue weighted by atomic mass is 9.84. The van der Waals surface area contributed by atoms with Gasteiger partial charge in [0.2, 0.25) is 0 Å². The zero-order chi connectivity index (χ0) is 24.9. The molecule has 0 bridgehead atoms. The summed E-state index contributed by atoms with van der Waals surface area (Å²) in [6, 6.07) is 35.1. The Hall–Kier alpha value is -4.43. The fraction of sp³-hybridized carbons (Fsp3) is 0.114. The monoisotopic (exact) mass is 476 g/mol. The Kier molecular flexibility index (Phi) is 5.07. The fourth-order valence-electron chi connectivity index (χ4n) is 6.03. The van der Waals surface area contributed by atoms with Gasteiger partial charge in [-0.3, -0.25) is 4.57 Å². The topological polar surface area (TPSA) is 17.8 Å². The first-order valence-corrected chi connectivity index (χ1v) is 13.0. The van der Waals surface area contributed by atoms with Crippen LogP contribution in [0.2, 0.25) is 0 Å². The molecule has 37 heavy (non-hydrogen) atoms. The van der Waals surface area contributed by atoms with Gasteiger partial charge in [0, 0.05) is 17.5 Å². The molecule has 1 atom stereocenters. The highest BCUT2D eigenvalue weighted by Crippen LogP contribution is 2.41. The minimum Gasteiger partial charge on any atom is -0.294 e. The van der Waals surface area contributed by atoms with Crippen molar-refractivity contribution in [1.82, 2.24) is 9.55 Å². The van der Waals surface area contributed by atoms with Crippen LogP contribution < -0.4 is 0 Å². The standard InChI is InChI=1S/C35H28N2/c1-23-9-3-5-11-28(23)30-21-26(15-14-24(30)2)27-17-18-32-31(22-27)35-29-12-6-4-10-25(29)16-19-33(35)37(32)34-13-7-8-20-36-34/h3-21,27H,22H2,1-2H3. The van der Waals surface area contributed by atoms with Crippen LogP contribution in [0.15, 0.2) is 109 Å². The first kappa shape index (κ1) is 21.8. The lowest BCUT2D eigenvalue weighted by Gasteiger charge is -2.21. The molecule has 0 amide bonds. The predicted octanol–water partition coefficient (Wildman–Crippen LogP) is 8.82. The third-order valence-corrected chi connectivity index (χ3v) is 7.91. The summed E-state index contributed by atoms with van der Waals surface area (Å²) in [5.74, 6) is 1.28. The number of fused-ring (bicyclic) bond motifs is 5. The van der Waals surface area contributed by atoms with Crippen molar-refractivity contribution in [2.75, 3.05) is 0 Å². The van der Waals surface area contributed by atoms with E-state index in [0.29, 0.717) is 5.92 Å². The van der Waals surface area contributed by atoms with Crippen LogP contribution in [0.25, 0.3) is 44.7 Å². The molecule has 2 aromatic heterocycles. The SMILES string of the molecule is Cc1ccccc1-c1cc(C2C=Cc3c(c4c5ccccc5ccc4n3-c3ccccn3)C2)ccc1C. The van der Waals surface area contributed by atoms with Crippen molar-refractivity contribution in [3.63, 3.8) is 0 Å². The number of hydrogen-bond donors (Lipinski definition) is 0. The van der Waals surface area contributed by atoms with E-state index in [4.69, 9.17) is 4.98 Å². The summed E-state index contributed by atoms with van der Waals surface area (Å²) in [7, 11) is 0. The molecule has 0 saturated heterocycles. The van der Waals surface area contributed by atoms with Crippen molar-refractivity contribution in [2.24, 2.45) is 0 Å². The third kappa shape index (κ3) is 3.52. The molecule has 1 aliphatic rings. The summed E-state index contributed by atoms with van der Waals surface area (Å²) in [5, 5.41) is 3.93. The first-order valence-electron chi connectivity index (χ1n) is 13.0. The van der Waals surface area contributed by atoms with Gasteiger partial charge in [-0.05, 0) is 88.7 Å². The van der Waals surface area contributed by atoms with Crippen molar-refractivity contribution in [3.8, 4) is 16.9 Å². The van der Waals surface area contributed by atoms with E-state index >= 15 is 0 Å². The molecule has 2 nitrogen and oxygen atoms in total. The zero-order valence-corrected chi connectivity index (χ0v) is 21.1. The first-order chi connectivity index (χ1) is 18.2. The average Bonchev–Trinajstić information content (AvgIpc) is 3.28. The molecule has 2 heterocycles. The molecule has 178 valence electrons. The molecule has 0 radical (unpaired) electrons. The summed E-state index contributed by atoms with van der Waals surface area (Å²) in [4.78, 5) is 4.73. The molecule has 6 aromatic rings. The number of nitrogens with zero attached hydrogens (tertiary/aromatic N) is 2. The predicted molar refractivity (Wildman–Crippen MR) is 155 cm³/mol. The van der Waals surface area contributed by atoms with Gasteiger partial charge in [0.1, 0.15) is 5.82 Å². The van der Waals surface area contributed by atoms with Crippen molar-refractivity contribution < 1.29 is 0 Å². The maximum Gasteiger partial charge on any atom is 0.137 e. The number of rotatable bonds is 3. The Morgan fingerprint density at radius 2 is 1.57 bits per heavy atom. The minimum absolute atomic E-state index is 0.317. The van der Waals surface area contributed by atoms with Crippen LogP contribution in [-0.4, -0.2) is 9.55 Å². The minimum atomic E-state index is 0.317. The van der Waals surface area contributed by atoms with Crippen molar-refractivity contribution in [2.45, 2.75) is 26.2 Å². The number of aryl methyl sites for hydroxylation is 2. The maximum atomic E-state index is 4.73. The van der Waals surface area contributed by atoms with E-state index in [1.165, 1.54) is 60.8 Å². The molecule has 1 unspecified atom stereocenters. The van der Waals surface area contributed by atoms with Gasteiger partial charge in [-0.25, -0.2) is 4.98 Å². The van der Waals surface area contributed by atoms with Gasteiger partial charge >= 0.3 is 0 Å². The van der Waals surface area contributed by atoms with Crippen molar-refractivity contribution in [1.29, 1.82) is 0 Å². The Balaban J connectivity index is 1.42. The lowest BCUT2D eigenvalue weighted by Crippen LogP contribution is -2.08. The molecule has 0 N–H and O–H groups in total. The number of hydrogen-bond acceptors (Lipinski definition) is 1. The number of aromatic nitrogens is 2. The summed E-state index contributed by atoms with van der Waals surface area (Å²) in [6.07, 6.45) is 7.55. The van der Waals surface area contributed by atoms with Gasteiger partial charge in [-0.1, -0.05) is 84.9 Å². The number of pyridine rings is 1.